The minimum Gasteiger partial charge on any atom is -0.494 e. The fraction of sp³-hybridized carbons (Fsp3) is 0.400. The molecule has 0 radical (unpaired) electrons. The van der Waals surface area contributed by atoms with Gasteiger partial charge < -0.3 is 5.11 Å². The predicted molar refractivity (Wildman–Crippen MR) is 110 cm³/mol. The molecule has 1 aliphatic heterocycles. The number of nitrogens with zero attached hydrogens (tertiary/aromatic N) is 3. The number of H-pyrrole nitrogens is 1. The summed E-state index contributed by atoms with van der Waals surface area (Å²) in [6.07, 6.45) is 1.95. The summed E-state index contributed by atoms with van der Waals surface area (Å²) in [6, 6.07) is 6.61. The molecule has 0 spiro atoms. The van der Waals surface area contributed by atoms with Crippen molar-refractivity contribution in [2.45, 2.75) is 52.1 Å². The molecule has 0 aliphatic carbocycles. The van der Waals surface area contributed by atoms with E-state index in [9.17, 15) is 19.5 Å². The van der Waals surface area contributed by atoms with E-state index in [4.69, 9.17) is 11.6 Å². The zero-order valence-corrected chi connectivity index (χ0v) is 17.1. The van der Waals surface area contributed by atoms with Crippen LogP contribution in [0.25, 0.3) is 0 Å². The van der Waals surface area contributed by atoms with Gasteiger partial charge in [-0.05, 0) is 24.1 Å². The summed E-state index contributed by atoms with van der Waals surface area (Å²) in [4.78, 5) is 39.3. The summed E-state index contributed by atoms with van der Waals surface area (Å²) in [5.41, 5.74) is -0.398. The minimum absolute atomic E-state index is 0.0777. The van der Waals surface area contributed by atoms with Gasteiger partial charge in [0.2, 0.25) is 11.8 Å². The van der Waals surface area contributed by atoms with Crippen LogP contribution in [-0.2, 0) is 11.3 Å². The van der Waals surface area contributed by atoms with Crippen molar-refractivity contribution >= 4 is 23.2 Å². The van der Waals surface area contributed by atoms with E-state index in [0.29, 0.717) is 11.4 Å². The molecule has 3 rings (SSSR count). The van der Waals surface area contributed by atoms with Crippen molar-refractivity contribution in [2.24, 2.45) is 5.10 Å². The maximum Gasteiger partial charge on any atom is 0.331 e. The van der Waals surface area contributed by atoms with Gasteiger partial charge in [-0.15, -0.1) is 0 Å². The summed E-state index contributed by atoms with van der Waals surface area (Å²) < 4.78 is 1.13. The van der Waals surface area contributed by atoms with E-state index in [0.717, 1.165) is 16.6 Å². The van der Waals surface area contributed by atoms with Crippen LogP contribution in [0.4, 0.5) is 0 Å². The molecule has 1 amide bonds. The Bertz CT molecular complexity index is 1060. The molecule has 0 unspecified atom stereocenters. The largest absolute Gasteiger partial charge is 0.494 e. The summed E-state index contributed by atoms with van der Waals surface area (Å²) in [6.45, 7) is 3.96. The number of aromatic hydroxyl groups is 1. The van der Waals surface area contributed by atoms with Crippen LogP contribution in [0.1, 0.15) is 56.7 Å². The molecule has 1 aromatic carbocycles. The molecule has 0 saturated carbocycles. The van der Waals surface area contributed by atoms with E-state index < -0.39 is 23.2 Å². The second-order valence-corrected chi connectivity index (χ2v) is 7.31. The second-order valence-electron chi connectivity index (χ2n) is 6.87. The fourth-order valence-electron chi connectivity index (χ4n) is 3.34. The number of nitrogens with one attached hydrogen (secondary N) is 1. The van der Waals surface area contributed by atoms with Gasteiger partial charge in [0.25, 0.3) is 5.56 Å². The van der Waals surface area contributed by atoms with Gasteiger partial charge in [-0.2, -0.15) is 5.10 Å². The van der Waals surface area contributed by atoms with Crippen molar-refractivity contribution in [3.05, 3.63) is 61.3 Å². The Labute approximate surface area is 172 Å². The summed E-state index contributed by atoms with van der Waals surface area (Å²) >= 11 is 5.96. The first-order valence-corrected chi connectivity index (χ1v) is 9.96. The third-order valence-electron chi connectivity index (χ3n) is 4.92. The number of benzene rings is 1. The van der Waals surface area contributed by atoms with Crippen molar-refractivity contribution in [2.75, 3.05) is 0 Å². The number of hydrazone groups is 1. The molecule has 8 nitrogen and oxygen atoms in total. The number of hydrogen-bond donors (Lipinski definition) is 2. The topological polar surface area (TPSA) is 108 Å². The predicted octanol–water partition coefficient (Wildman–Crippen LogP) is 2.78. The summed E-state index contributed by atoms with van der Waals surface area (Å²) in [7, 11) is 0. The number of unbranched alkanes of at least 4 members (excludes halogenated alkanes) is 1. The van der Waals surface area contributed by atoms with Crippen LogP contribution >= 0.6 is 11.6 Å². The van der Waals surface area contributed by atoms with Crippen LogP contribution < -0.4 is 11.2 Å². The first-order valence-electron chi connectivity index (χ1n) is 9.58. The molecule has 1 aromatic heterocycles. The molecule has 1 atom stereocenters. The minimum atomic E-state index is -0.723. The lowest BCUT2D eigenvalue weighted by atomic mass is 9.99. The molecule has 2 N–H and O–H groups in total. The van der Waals surface area contributed by atoms with Crippen LogP contribution in [-0.4, -0.2) is 31.3 Å². The van der Waals surface area contributed by atoms with E-state index in [1.54, 1.807) is 31.2 Å². The van der Waals surface area contributed by atoms with Gasteiger partial charge >= 0.3 is 5.69 Å². The summed E-state index contributed by atoms with van der Waals surface area (Å²) in [5, 5.41) is 16.9. The second kappa shape index (κ2) is 8.65. The van der Waals surface area contributed by atoms with E-state index in [1.165, 1.54) is 5.01 Å². The fourth-order valence-corrected chi connectivity index (χ4v) is 3.47. The average molecular weight is 419 g/mol. The number of carbonyl (C=O) groups excluding carboxylic acids is 1. The molecular weight excluding hydrogens is 396 g/mol. The van der Waals surface area contributed by atoms with Crippen molar-refractivity contribution in [1.82, 2.24) is 14.6 Å². The summed E-state index contributed by atoms with van der Waals surface area (Å²) in [5.74, 6) is -0.637. The van der Waals surface area contributed by atoms with Crippen LogP contribution in [0.3, 0.4) is 0 Å². The number of halogens is 1. The number of amides is 1. The van der Waals surface area contributed by atoms with Gasteiger partial charge in [-0.3, -0.25) is 19.1 Å². The third kappa shape index (κ3) is 4.12. The Morgan fingerprint density at radius 2 is 1.97 bits per heavy atom. The maximum atomic E-state index is 12.5. The van der Waals surface area contributed by atoms with E-state index >= 15 is 0 Å². The lowest BCUT2D eigenvalue weighted by Gasteiger charge is -2.21. The first-order chi connectivity index (χ1) is 13.9. The lowest BCUT2D eigenvalue weighted by Crippen LogP contribution is -2.33. The highest BCUT2D eigenvalue weighted by molar-refractivity contribution is 6.30. The zero-order chi connectivity index (χ0) is 21.1. The average Bonchev–Trinajstić information content (AvgIpc) is 3.12. The number of rotatable bonds is 6. The van der Waals surface area contributed by atoms with Crippen LogP contribution in [0.5, 0.6) is 5.88 Å². The highest BCUT2D eigenvalue weighted by Crippen LogP contribution is 2.34. The Morgan fingerprint density at radius 3 is 2.59 bits per heavy atom. The van der Waals surface area contributed by atoms with E-state index in [-0.39, 0.29) is 36.6 Å². The maximum absolute atomic E-state index is 12.5. The van der Waals surface area contributed by atoms with Crippen molar-refractivity contribution in [3.8, 4) is 5.88 Å². The van der Waals surface area contributed by atoms with E-state index in [2.05, 4.69) is 10.1 Å². The Hall–Kier alpha value is -2.87. The standard InChI is InChI=1S/C20H23ClN4O4/c1-3-5-10-24-19(28)17(18(27)22-20(24)29)14-11-15(25(23-14)16(26)4-2)12-6-8-13(21)9-7-12/h6-9,15,28H,3-5,10-11H2,1-2H3,(H,22,27,29)/t15-/m1/s1. The molecule has 29 heavy (non-hydrogen) atoms. The quantitative estimate of drug-likeness (QED) is 0.751. The Morgan fingerprint density at radius 1 is 1.28 bits per heavy atom. The molecule has 154 valence electrons. The van der Waals surface area contributed by atoms with Gasteiger partial charge in [-0.25, -0.2) is 9.80 Å². The molecule has 0 saturated heterocycles. The van der Waals surface area contributed by atoms with Crippen LogP contribution in [0.2, 0.25) is 5.02 Å². The first kappa shape index (κ1) is 20.9. The highest BCUT2D eigenvalue weighted by atomic mass is 35.5. The van der Waals surface area contributed by atoms with Gasteiger partial charge in [0.15, 0.2) is 0 Å². The Kier molecular flexibility index (Phi) is 6.22. The van der Waals surface area contributed by atoms with Crippen molar-refractivity contribution in [1.29, 1.82) is 0 Å². The molecular formula is C20H23ClN4O4. The van der Waals surface area contributed by atoms with Crippen molar-refractivity contribution < 1.29 is 9.90 Å². The van der Waals surface area contributed by atoms with E-state index in [1.807, 2.05) is 6.92 Å². The lowest BCUT2D eigenvalue weighted by molar-refractivity contribution is -0.132. The monoisotopic (exact) mass is 418 g/mol. The van der Waals surface area contributed by atoms with Gasteiger partial charge in [-0.1, -0.05) is 44.0 Å². The zero-order valence-electron chi connectivity index (χ0n) is 16.3. The smallest absolute Gasteiger partial charge is 0.331 e. The molecule has 1 aliphatic rings. The van der Waals surface area contributed by atoms with Crippen LogP contribution in [0.15, 0.2) is 39.0 Å². The van der Waals surface area contributed by atoms with Gasteiger partial charge in [0, 0.05) is 24.4 Å². The van der Waals surface area contributed by atoms with Crippen LogP contribution in [0, 0.1) is 0 Å². The number of hydrogen-bond acceptors (Lipinski definition) is 5. The molecule has 9 heteroatoms. The van der Waals surface area contributed by atoms with Gasteiger partial charge in [0.1, 0.15) is 5.56 Å². The molecule has 2 heterocycles. The Balaban J connectivity index is 2.07. The molecule has 2 aromatic rings. The number of aromatic nitrogens is 2. The molecule has 0 fully saturated rings. The SMILES string of the molecule is CCCCn1c(O)c(C2=NN(C(=O)CC)[C@@H](c3ccc(Cl)cc3)C2)c(=O)[nH]c1=O. The highest BCUT2D eigenvalue weighted by Gasteiger charge is 2.35. The normalized spacial score (nSPS) is 16.2. The third-order valence-corrected chi connectivity index (χ3v) is 5.17. The molecule has 0 bridgehead atoms. The van der Waals surface area contributed by atoms with Crippen molar-refractivity contribution in [3.63, 3.8) is 0 Å². The number of aromatic amines is 1. The van der Waals surface area contributed by atoms with Gasteiger partial charge in [0.05, 0.1) is 11.8 Å². The number of carbonyl (C=O) groups is 1.